The zero-order chi connectivity index (χ0) is 22.7. The summed E-state index contributed by atoms with van der Waals surface area (Å²) in [7, 11) is 1.53. The lowest BCUT2D eigenvalue weighted by Gasteiger charge is -2.30. The first kappa shape index (κ1) is 21.2. The van der Waals surface area contributed by atoms with Crippen molar-refractivity contribution >= 4 is 23.0 Å². The number of nitro benzene ring substituents is 1. The summed E-state index contributed by atoms with van der Waals surface area (Å²) in [5, 5.41) is 25.7. The third-order valence-corrected chi connectivity index (χ3v) is 5.42. The molecule has 0 bridgehead atoms. The predicted octanol–water partition coefficient (Wildman–Crippen LogP) is 3.13. The number of tetrazole rings is 1. The van der Waals surface area contributed by atoms with Crippen molar-refractivity contribution in [2.75, 3.05) is 30.4 Å². The molecular formula is C21H23N7O4. The number of aromatic nitrogens is 4. The van der Waals surface area contributed by atoms with Gasteiger partial charge in [-0.1, -0.05) is 0 Å². The van der Waals surface area contributed by atoms with Gasteiger partial charge in [0, 0.05) is 30.9 Å². The van der Waals surface area contributed by atoms with E-state index in [1.165, 1.54) is 23.9 Å². The molecule has 166 valence electrons. The Bertz CT molecular complexity index is 1150. The number of nitrogens with one attached hydrogen (secondary N) is 1. The first-order valence-corrected chi connectivity index (χ1v) is 10.3. The average Bonchev–Trinajstić information content (AvgIpc) is 3.24. The van der Waals surface area contributed by atoms with Gasteiger partial charge in [-0.05, 0) is 60.9 Å². The molecule has 2 aromatic carbocycles. The van der Waals surface area contributed by atoms with Crippen molar-refractivity contribution in [3.05, 3.63) is 57.9 Å². The molecule has 1 fully saturated rings. The van der Waals surface area contributed by atoms with Crippen LogP contribution in [0.4, 0.5) is 17.1 Å². The lowest BCUT2D eigenvalue weighted by Crippen LogP contribution is -2.31. The molecule has 1 aliphatic rings. The highest BCUT2D eigenvalue weighted by Crippen LogP contribution is 2.30. The molecule has 0 radical (unpaired) electrons. The third kappa shape index (κ3) is 4.22. The summed E-state index contributed by atoms with van der Waals surface area (Å²) >= 11 is 0. The summed E-state index contributed by atoms with van der Waals surface area (Å²) < 4.78 is 6.90. The smallest absolute Gasteiger partial charge is 0.270 e. The Morgan fingerprint density at radius 2 is 1.91 bits per heavy atom. The SMILES string of the molecule is COc1ccc(NC(=O)c2cc([N+](=O)[O-])ccc2N2CCCCC2)cc1-n1nnnc1C. The number of carbonyl (C=O) groups excluding carboxylic acids is 1. The van der Waals surface area contributed by atoms with E-state index in [9.17, 15) is 14.9 Å². The number of non-ortho nitro benzene ring substituents is 1. The number of benzene rings is 2. The zero-order valence-electron chi connectivity index (χ0n) is 17.8. The van der Waals surface area contributed by atoms with Crippen LogP contribution in [0.5, 0.6) is 5.75 Å². The van der Waals surface area contributed by atoms with Gasteiger partial charge in [-0.3, -0.25) is 14.9 Å². The van der Waals surface area contributed by atoms with Gasteiger partial charge < -0.3 is 15.0 Å². The van der Waals surface area contributed by atoms with E-state index >= 15 is 0 Å². The van der Waals surface area contributed by atoms with Crippen molar-refractivity contribution in [1.82, 2.24) is 20.2 Å². The van der Waals surface area contributed by atoms with E-state index in [4.69, 9.17) is 4.74 Å². The number of rotatable bonds is 6. The summed E-state index contributed by atoms with van der Waals surface area (Å²) in [6.07, 6.45) is 3.17. The molecule has 0 unspecified atom stereocenters. The van der Waals surface area contributed by atoms with Crippen molar-refractivity contribution in [3.63, 3.8) is 0 Å². The quantitative estimate of drug-likeness (QED) is 0.460. The van der Waals surface area contributed by atoms with Crippen LogP contribution in [0, 0.1) is 17.0 Å². The number of methoxy groups -OCH3 is 1. The minimum atomic E-state index is -0.497. The molecule has 4 rings (SSSR count). The van der Waals surface area contributed by atoms with Crippen LogP contribution in [-0.2, 0) is 0 Å². The van der Waals surface area contributed by atoms with Gasteiger partial charge in [0.15, 0.2) is 5.82 Å². The highest BCUT2D eigenvalue weighted by atomic mass is 16.6. The summed E-state index contributed by atoms with van der Waals surface area (Å²) in [6, 6.07) is 9.51. The first-order chi connectivity index (χ1) is 15.5. The van der Waals surface area contributed by atoms with Crippen LogP contribution in [0.25, 0.3) is 5.69 Å². The Hall–Kier alpha value is -4.02. The van der Waals surface area contributed by atoms with Gasteiger partial charge in [0.25, 0.3) is 11.6 Å². The lowest BCUT2D eigenvalue weighted by molar-refractivity contribution is -0.384. The summed E-state index contributed by atoms with van der Waals surface area (Å²) in [6.45, 7) is 3.37. The molecule has 2 heterocycles. The normalized spacial score (nSPS) is 13.6. The monoisotopic (exact) mass is 437 g/mol. The standard InChI is InChI=1S/C21H23N7O4/c1-14-23-24-25-27(14)19-12-15(6-9-20(19)32-2)22-21(29)17-13-16(28(30)31)7-8-18(17)26-10-4-3-5-11-26/h6-9,12-13H,3-5,10-11H2,1-2H3,(H,22,29). The molecule has 0 saturated carbocycles. The highest BCUT2D eigenvalue weighted by Gasteiger charge is 2.22. The van der Waals surface area contributed by atoms with E-state index in [2.05, 4.69) is 25.7 Å². The number of nitro groups is 1. The molecule has 1 saturated heterocycles. The fraction of sp³-hybridized carbons (Fsp3) is 0.333. The van der Waals surface area contributed by atoms with Gasteiger partial charge in [-0.2, -0.15) is 4.68 Å². The molecular weight excluding hydrogens is 414 g/mol. The minimum absolute atomic E-state index is 0.129. The number of ether oxygens (including phenoxy) is 1. The average molecular weight is 437 g/mol. The molecule has 1 aromatic heterocycles. The van der Waals surface area contributed by atoms with E-state index in [-0.39, 0.29) is 11.3 Å². The summed E-state index contributed by atoms with van der Waals surface area (Å²) in [5.41, 5.74) is 1.87. The van der Waals surface area contributed by atoms with Gasteiger partial charge in [-0.15, -0.1) is 5.10 Å². The third-order valence-electron chi connectivity index (χ3n) is 5.42. The van der Waals surface area contributed by atoms with Crippen molar-refractivity contribution < 1.29 is 14.5 Å². The molecule has 0 aliphatic carbocycles. The van der Waals surface area contributed by atoms with E-state index in [0.717, 1.165) is 32.4 Å². The van der Waals surface area contributed by atoms with E-state index in [1.807, 2.05) is 0 Å². The van der Waals surface area contributed by atoms with Gasteiger partial charge in [-0.25, -0.2) is 0 Å². The van der Waals surface area contributed by atoms with Crippen LogP contribution in [-0.4, -0.2) is 51.2 Å². The highest BCUT2D eigenvalue weighted by molar-refractivity contribution is 6.08. The van der Waals surface area contributed by atoms with Crippen molar-refractivity contribution in [3.8, 4) is 11.4 Å². The van der Waals surface area contributed by atoms with E-state index in [1.54, 1.807) is 31.2 Å². The molecule has 11 nitrogen and oxygen atoms in total. The van der Waals surface area contributed by atoms with Crippen LogP contribution in [0.2, 0.25) is 0 Å². The summed E-state index contributed by atoms with van der Waals surface area (Å²) in [4.78, 5) is 26.2. The van der Waals surface area contributed by atoms with Gasteiger partial charge in [0.1, 0.15) is 11.4 Å². The Kier molecular flexibility index (Phi) is 5.97. The number of piperidine rings is 1. The number of amides is 1. The largest absolute Gasteiger partial charge is 0.494 e. The number of nitrogens with zero attached hydrogens (tertiary/aromatic N) is 6. The Morgan fingerprint density at radius 1 is 1.12 bits per heavy atom. The number of hydrogen-bond donors (Lipinski definition) is 1. The molecule has 1 N–H and O–H groups in total. The number of carbonyl (C=O) groups is 1. The molecule has 1 amide bonds. The van der Waals surface area contributed by atoms with Crippen molar-refractivity contribution in [2.45, 2.75) is 26.2 Å². The molecule has 32 heavy (non-hydrogen) atoms. The van der Waals surface area contributed by atoms with Crippen LogP contribution in [0.15, 0.2) is 36.4 Å². The zero-order valence-corrected chi connectivity index (χ0v) is 17.8. The Labute approximate surface area is 184 Å². The minimum Gasteiger partial charge on any atom is -0.494 e. The van der Waals surface area contributed by atoms with E-state index < -0.39 is 10.8 Å². The lowest BCUT2D eigenvalue weighted by atomic mass is 10.1. The Balaban J connectivity index is 1.68. The van der Waals surface area contributed by atoms with Crippen LogP contribution in [0.3, 0.4) is 0 Å². The molecule has 1 aliphatic heterocycles. The fourth-order valence-corrected chi connectivity index (χ4v) is 3.82. The van der Waals surface area contributed by atoms with Crippen LogP contribution in [0.1, 0.15) is 35.4 Å². The summed E-state index contributed by atoms with van der Waals surface area (Å²) in [5.74, 6) is 0.652. The number of hydrogen-bond acceptors (Lipinski definition) is 8. The molecule has 3 aromatic rings. The fourth-order valence-electron chi connectivity index (χ4n) is 3.82. The predicted molar refractivity (Wildman–Crippen MR) is 118 cm³/mol. The molecule has 11 heteroatoms. The van der Waals surface area contributed by atoms with Gasteiger partial charge in [0.05, 0.1) is 23.3 Å². The first-order valence-electron chi connectivity index (χ1n) is 10.3. The van der Waals surface area contributed by atoms with Crippen molar-refractivity contribution in [2.24, 2.45) is 0 Å². The maximum absolute atomic E-state index is 13.2. The number of anilines is 2. The van der Waals surface area contributed by atoms with Gasteiger partial charge >= 0.3 is 0 Å². The number of aryl methyl sites for hydroxylation is 1. The molecule has 0 spiro atoms. The van der Waals surface area contributed by atoms with Crippen LogP contribution < -0.4 is 15.0 Å². The second-order valence-corrected chi connectivity index (χ2v) is 7.48. The second kappa shape index (κ2) is 9.00. The topological polar surface area (TPSA) is 128 Å². The maximum Gasteiger partial charge on any atom is 0.270 e. The maximum atomic E-state index is 13.2. The molecule has 0 atom stereocenters. The van der Waals surface area contributed by atoms with Crippen LogP contribution >= 0.6 is 0 Å². The second-order valence-electron chi connectivity index (χ2n) is 7.48. The van der Waals surface area contributed by atoms with Crippen molar-refractivity contribution in [1.29, 1.82) is 0 Å². The van der Waals surface area contributed by atoms with Gasteiger partial charge in [0.2, 0.25) is 0 Å². The Morgan fingerprint density at radius 3 is 2.56 bits per heavy atom. The van der Waals surface area contributed by atoms with E-state index in [0.29, 0.717) is 28.6 Å².